The van der Waals surface area contributed by atoms with Crippen molar-refractivity contribution in [1.82, 2.24) is 5.32 Å². The minimum absolute atomic E-state index is 0.248. The second kappa shape index (κ2) is 5.52. The van der Waals surface area contributed by atoms with Gasteiger partial charge in [-0.25, -0.2) is 0 Å². The van der Waals surface area contributed by atoms with Gasteiger partial charge >= 0.3 is 0 Å². The molecule has 1 nitrogen and oxygen atoms in total. The second-order valence-electron chi connectivity index (χ2n) is 7.44. The lowest BCUT2D eigenvalue weighted by molar-refractivity contribution is 0.0245. The number of hydrogen-bond acceptors (Lipinski definition) is 1. The molecule has 0 radical (unpaired) electrons. The molecule has 1 aromatic carbocycles. The van der Waals surface area contributed by atoms with E-state index in [1.54, 1.807) is 0 Å². The van der Waals surface area contributed by atoms with E-state index < -0.39 is 0 Å². The van der Waals surface area contributed by atoms with Crippen molar-refractivity contribution in [2.24, 2.45) is 5.41 Å². The predicted molar refractivity (Wildman–Crippen MR) is 88.4 cm³/mol. The lowest BCUT2D eigenvalue weighted by atomic mass is 9.52. The smallest absolute Gasteiger partial charge is 0.0132 e. The quantitative estimate of drug-likeness (QED) is 0.825. The van der Waals surface area contributed by atoms with Gasteiger partial charge in [-0.15, -0.1) is 0 Å². The number of nitrogens with one attached hydrogen (secondary N) is 1. The van der Waals surface area contributed by atoms with E-state index >= 15 is 0 Å². The molecule has 0 saturated heterocycles. The molecule has 1 N–H and O–H groups in total. The Labute approximate surface area is 125 Å². The molecule has 1 aliphatic carbocycles. The summed E-state index contributed by atoms with van der Waals surface area (Å²) in [4.78, 5) is 0. The second-order valence-corrected chi connectivity index (χ2v) is 7.44. The van der Waals surface area contributed by atoms with Gasteiger partial charge in [0.05, 0.1) is 0 Å². The molecule has 1 aliphatic rings. The van der Waals surface area contributed by atoms with Crippen molar-refractivity contribution < 1.29 is 0 Å². The van der Waals surface area contributed by atoms with Gasteiger partial charge in [0.2, 0.25) is 0 Å². The van der Waals surface area contributed by atoms with Crippen LogP contribution in [-0.4, -0.2) is 13.1 Å². The first kappa shape index (κ1) is 15.6. The first-order valence-electron chi connectivity index (χ1n) is 8.16. The van der Waals surface area contributed by atoms with Crippen molar-refractivity contribution in [3.63, 3.8) is 0 Å². The van der Waals surface area contributed by atoms with E-state index in [1.807, 2.05) is 0 Å². The third-order valence-electron chi connectivity index (χ3n) is 5.70. The van der Waals surface area contributed by atoms with Gasteiger partial charge in [0.15, 0.2) is 0 Å². The van der Waals surface area contributed by atoms with E-state index in [9.17, 15) is 0 Å². The molecule has 1 saturated carbocycles. The largest absolute Gasteiger partial charge is 0.316 e. The zero-order valence-electron chi connectivity index (χ0n) is 14.1. The summed E-state index contributed by atoms with van der Waals surface area (Å²) >= 11 is 0. The van der Waals surface area contributed by atoms with Crippen molar-refractivity contribution in [2.75, 3.05) is 7.05 Å². The van der Waals surface area contributed by atoms with Crippen LogP contribution in [-0.2, 0) is 5.41 Å². The van der Waals surface area contributed by atoms with Crippen LogP contribution in [0.5, 0.6) is 0 Å². The Hall–Kier alpha value is -0.820. The van der Waals surface area contributed by atoms with Gasteiger partial charge in [0.25, 0.3) is 0 Å². The van der Waals surface area contributed by atoms with Crippen LogP contribution >= 0.6 is 0 Å². The molecule has 112 valence electrons. The Kier molecular flexibility index (Phi) is 4.30. The molecule has 1 heteroatoms. The van der Waals surface area contributed by atoms with Crippen LogP contribution in [0, 0.1) is 5.41 Å². The molecule has 1 fully saturated rings. The zero-order chi connectivity index (χ0) is 15.0. The van der Waals surface area contributed by atoms with Gasteiger partial charge in [0, 0.05) is 6.04 Å². The van der Waals surface area contributed by atoms with E-state index in [2.05, 4.69) is 71.2 Å². The average molecular weight is 273 g/mol. The minimum Gasteiger partial charge on any atom is -0.316 e. The summed E-state index contributed by atoms with van der Waals surface area (Å²) in [5.41, 5.74) is 3.67. The van der Waals surface area contributed by atoms with Gasteiger partial charge < -0.3 is 5.32 Å². The van der Waals surface area contributed by atoms with Crippen molar-refractivity contribution in [3.05, 3.63) is 35.4 Å². The van der Waals surface area contributed by atoms with Crippen LogP contribution in [0.3, 0.4) is 0 Å². The van der Waals surface area contributed by atoms with Crippen LogP contribution in [0.1, 0.15) is 70.9 Å². The van der Waals surface area contributed by atoms with Crippen LogP contribution < -0.4 is 5.32 Å². The maximum absolute atomic E-state index is 3.53. The maximum Gasteiger partial charge on any atom is 0.0132 e. The van der Waals surface area contributed by atoms with Crippen LogP contribution in [0.25, 0.3) is 0 Å². The Morgan fingerprint density at radius 2 is 1.65 bits per heavy atom. The Bertz CT molecular complexity index is 434. The van der Waals surface area contributed by atoms with E-state index in [4.69, 9.17) is 0 Å². The lowest BCUT2D eigenvalue weighted by Gasteiger charge is -2.56. The van der Waals surface area contributed by atoms with Gasteiger partial charge in [0.1, 0.15) is 0 Å². The standard InChI is InChI=1S/C19H31N/c1-7-19(8-2)16(13-17(19)20-6)14-9-11-15(12-10-14)18(3,4)5/h9-12,16-17,20H,7-8,13H2,1-6H3. The van der Waals surface area contributed by atoms with Crippen molar-refractivity contribution in [1.29, 1.82) is 0 Å². The zero-order valence-corrected chi connectivity index (χ0v) is 14.1. The molecule has 2 rings (SSSR count). The molecule has 0 heterocycles. The Morgan fingerprint density at radius 3 is 2.05 bits per heavy atom. The van der Waals surface area contributed by atoms with Gasteiger partial charge in [-0.1, -0.05) is 58.9 Å². The van der Waals surface area contributed by atoms with Crippen molar-refractivity contribution in [3.8, 4) is 0 Å². The molecule has 0 aliphatic heterocycles. The van der Waals surface area contributed by atoms with Crippen molar-refractivity contribution >= 4 is 0 Å². The topological polar surface area (TPSA) is 12.0 Å². The number of benzene rings is 1. The Morgan fingerprint density at radius 1 is 1.10 bits per heavy atom. The SMILES string of the molecule is CCC1(CC)C(NC)CC1c1ccc(C(C)(C)C)cc1. The fourth-order valence-electron chi connectivity index (χ4n) is 4.11. The maximum atomic E-state index is 3.53. The van der Waals surface area contributed by atoms with Crippen LogP contribution in [0.2, 0.25) is 0 Å². The molecular weight excluding hydrogens is 242 g/mol. The summed E-state index contributed by atoms with van der Waals surface area (Å²) in [6.07, 6.45) is 3.81. The molecule has 0 amide bonds. The monoisotopic (exact) mass is 273 g/mol. The first-order chi connectivity index (χ1) is 9.39. The van der Waals surface area contributed by atoms with Crippen LogP contribution in [0.15, 0.2) is 24.3 Å². The normalized spacial score (nSPS) is 25.3. The summed E-state index contributed by atoms with van der Waals surface area (Å²) in [7, 11) is 2.11. The highest BCUT2D eigenvalue weighted by atomic mass is 14.9. The van der Waals surface area contributed by atoms with E-state index in [0.717, 1.165) is 5.92 Å². The fourth-order valence-corrected chi connectivity index (χ4v) is 4.11. The van der Waals surface area contributed by atoms with Gasteiger partial charge in [-0.3, -0.25) is 0 Å². The van der Waals surface area contributed by atoms with Gasteiger partial charge in [-0.2, -0.15) is 0 Å². The minimum atomic E-state index is 0.248. The summed E-state index contributed by atoms with van der Waals surface area (Å²) in [5.74, 6) is 0.726. The molecule has 0 spiro atoms. The number of hydrogen-bond donors (Lipinski definition) is 1. The highest BCUT2D eigenvalue weighted by Crippen LogP contribution is 2.57. The van der Waals surface area contributed by atoms with E-state index in [0.29, 0.717) is 11.5 Å². The van der Waals surface area contributed by atoms with E-state index in [-0.39, 0.29) is 5.41 Å². The molecule has 1 aromatic rings. The molecule has 0 aromatic heterocycles. The molecule has 0 bridgehead atoms. The molecule has 20 heavy (non-hydrogen) atoms. The predicted octanol–water partition coefficient (Wildman–Crippen LogP) is 4.87. The summed E-state index contributed by atoms with van der Waals surface area (Å²) < 4.78 is 0. The fraction of sp³-hybridized carbons (Fsp3) is 0.684. The van der Waals surface area contributed by atoms with Crippen LogP contribution in [0.4, 0.5) is 0 Å². The summed E-state index contributed by atoms with van der Waals surface area (Å²) in [6.45, 7) is 11.5. The molecule has 2 atom stereocenters. The summed E-state index contributed by atoms with van der Waals surface area (Å²) in [5, 5.41) is 3.53. The average Bonchev–Trinajstić information content (AvgIpc) is 2.39. The first-order valence-corrected chi connectivity index (χ1v) is 8.16. The highest BCUT2D eigenvalue weighted by molar-refractivity contribution is 5.33. The third kappa shape index (κ3) is 2.41. The van der Waals surface area contributed by atoms with Gasteiger partial charge in [-0.05, 0) is 54.2 Å². The number of rotatable bonds is 4. The Balaban J connectivity index is 2.24. The van der Waals surface area contributed by atoms with E-state index in [1.165, 1.54) is 30.4 Å². The molecule has 2 unspecified atom stereocenters. The van der Waals surface area contributed by atoms with Crippen molar-refractivity contribution in [2.45, 2.75) is 71.3 Å². The summed E-state index contributed by atoms with van der Waals surface area (Å²) in [6, 6.07) is 10.1. The lowest BCUT2D eigenvalue weighted by Crippen LogP contribution is -2.57. The third-order valence-corrected chi connectivity index (χ3v) is 5.70. The highest BCUT2D eigenvalue weighted by Gasteiger charge is 2.52. The molecular formula is C19H31N.